The minimum absolute atomic E-state index is 0.533. The molecular formula is C47H29N5S. The van der Waals surface area contributed by atoms with Gasteiger partial charge in [-0.3, -0.25) is 0 Å². The number of nitrogens with zero attached hydrogens (tertiary/aromatic N) is 5. The van der Waals surface area contributed by atoms with Crippen LogP contribution in [0.3, 0.4) is 0 Å². The summed E-state index contributed by atoms with van der Waals surface area (Å²) in [5, 5.41) is 10.7. The van der Waals surface area contributed by atoms with Crippen LogP contribution < -0.4 is 4.90 Å². The molecule has 1 aromatic heterocycles. The van der Waals surface area contributed by atoms with E-state index in [1.807, 2.05) is 84.6 Å². The van der Waals surface area contributed by atoms with E-state index in [1.165, 1.54) is 20.9 Å². The molecule has 0 fully saturated rings. The van der Waals surface area contributed by atoms with Crippen LogP contribution in [-0.4, -0.2) is 15.0 Å². The van der Waals surface area contributed by atoms with Crippen molar-refractivity contribution >= 4 is 28.8 Å². The van der Waals surface area contributed by atoms with Crippen LogP contribution in [0.4, 0.5) is 17.1 Å². The van der Waals surface area contributed by atoms with Crippen molar-refractivity contribution in [2.24, 2.45) is 0 Å². The van der Waals surface area contributed by atoms with Crippen LogP contribution in [0, 0.1) is 11.3 Å². The van der Waals surface area contributed by atoms with Crippen LogP contribution in [0.2, 0.25) is 0 Å². The van der Waals surface area contributed by atoms with Crippen LogP contribution in [0.1, 0.15) is 27.8 Å². The molecule has 0 radical (unpaired) electrons. The Morgan fingerprint density at radius 1 is 0.434 bits per heavy atom. The van der Waals surface area contributed by atoms with Gasteiger partial charge in [0, 0.05) is 26.5 Å². The van der Waals surface area contributed by atoms with E-state index in [0.29, 0.717) is 23.0 Å². The van der Waals surface area contributed by atoms with Gasteiger partial charge in [-0.1, -0.05) is 145 Å². The summed E-state index contributed by atoms with van der Waals surface area (Å²) in [7, 11) is 0. The van der Waals surface area contributed by atoms with Crippen molar-refractivity contribution in [3.63, 3.8) is 0 Å². The van der Waals surface area contributed by atoms with Crippen molar-refractivity contribution in [2.75, 3.05) is 4.90 Å². The summed E-state index contributed by atoms with van der Waals surface area (Å²) in [5.41, 5.74) is 10.2. The summed E-state index contributed by atoms with van der Waals surface area (Å²) in [4.78, 5) is 19.7. The Bertz CT molecular complexity index is 2590. The second-order valence-corrected chi connectivity index (χ2v) is 14.2. The Kier molecular flexibility index (Phi) is 7.27. The van der Waals surface area contributed by atoms with Gasteiger partial charge in [-0.25, -0.2) is 15.0 Å². The first kappa shape index (κ1) is 31.0. The molecule has 0 unspecified atom stereocenters. The first-order valence-corrected chi connectivity index (χ1v) is 18.3. The highest BCUT2D eigenvalue weighted by atomic mass is 32.2. The fraction of sp³-hybridized carbons (Fsp3) is 0.0213. The molecule has 5 nitrogen and oxygen atoms in total. The zero-order valence-corrected chi connectivity index (χ0v) is 29.2. The largest absolute Gasteiger partial charge is 0.308 e. The zero-order valence-electron chi connectivity index (χ0n) is 28.4. The van der Waals surface area contributed by atoms with E-state index in [9.17, 15) is 5.26 Å². The molecule has 1 spiro atoms. The highest BCUT2D eigenvalue weighted by Crippen LogP contribution is 2.62. The second-order valence-electron chi connectivity index (χ2n) is 13.1. The molecule has 3 heterocycles. The molecule has 2 aliphatic heterocycles. The van der Waals surface area contributed by atoms with Gasteiger partial charge in [0.1, 0.15) is 6.07 Å². The monoisotopic (exact) mass is 695 g/mol. The number of aromatic nitrogens is 3. The summed E-state index contributed by atoms with van der Waals surface area (Å²) in [6.07, 6.45) is 0. The van der Waals surface area contributed by atoms with Crippen LogP contribution in [0.5, 0.6) is 0 Å². The Hall–Kier alpha value is -6.81. The molecule has 0 N–H and O–H groups in total. The van der Waals surface area contributed by atoms with Crippen LogP contribution in [0.15, 0.2) is 186 Å². The van der Waals surface area contributed by atoms with Gasteiger partial charge in [0.05, 0.1) is 28.0 Å². The Morgan fingerprint density at radius 3 is 1.38 bits per heavy atom. The average Bonchev–Trinajstić information content (AvgIpc) is 3.24. The maximum atomic E-state index is 10.7. The fourth-order valence-electron chi connectivity index (χ4n) is 7.97. The molecule has 0 atom stereocenters. The lowest BCUT2D eigenvalue weighted by Gasteiger charge is -2.49. The topological polar surface area (TPSA) is 65.7 Å². The summed E-state index contributed by atoms with van der Waals surface area (Å²) < 4.78 is 0. The summed E-state index contributed by atoms with van der Waals surface area (Å²) in [6.45, 7) is 0. The average molecular weight is 696 g/mol. The van der Waals surface area contributed by atoms with E-state index in [-0.39, 0.29) is 0 Å². The minimum Gasteiger partial charge on any atom is -0.308 e. The first-order chi connectivity index (χ1) is 26.2. The van der Waals surface area contributed by atoms with E-state index >= 15 is 0 Å². The molecule has 248 valence electrons. The molecular weight excluding hydrogens is 667 g/mol. The smallest absolute Gasteiger partial charge is 0.164 e. The number of hydrogen-bond donors (Lipinski definition) is 0. The predicted molar refractivity (Wildman–Crippen MR) is 212 cm³/mol. The van der Waals surface area contributed by atoms with Crippen LogP contribution in [-0.2, 0) is 5.41 Å². The van der Waals surface area contributed by atoms with Crippen molar-refractivity contribution in [1.82, 2.24) is 15.0 Å². The van der Waals surface area contributed by atoms with E-state index in [0.717, 1.165) is 44.9 Å². The molecule has 8 aromatic rings. The molecule has 2 aliphatic rings. The quantitative estimate of drug-likeness (QED) is 0.183. The van der Waals surface area contributed by atoms with Gasteiger partial charge in [-0.05, 0) is 64.7 Å². The van der Waals surface area contributed by atoms with E-state index in [1.54, 1.807) is 0 Å². The van der Waals surface area contributed by atoms with Gasteiger partial charge in [0.15, 0.2) is 17.5 Å². The third-order valence-corrected chi connectivity index (χ3v) is 11.4. The standard InChI is InChI=1S/C47H29N5S/c48-30-34-28-27-33(46-50-44(31-15-3-1-4-16-31)49-45(51-46)32-17-5-2-6-18-32)29-41(34)52-39-23-11-7-19-35(39)47(36-20-8-12-24-40(36)52)37-21-9-13-25-42(37)53-43-26-14-10-22-38(43)47/h1-29H. The van der Waals surface area contributed by atoms with Gasteiger partial charge in [0.25, 0.3) is 0 Å². The number of rotatable bonds is 4. The Balaban J connectivity index is 1.22. The molecule has 0 saturated heterocycles. The molecule has 0 bridgehead atoms. The lowest BCUT2D eigenvalue weighted by atomic mass is 9.62. The number of hydrogen-bond acceptors (Lipinski definition) is 6. The maximum Gasteiger partial charge on any atom is 0.164 e. The molecule has 0 saturated carbocycles. The Labute approximate surface area is 311 Å². The van der Waals surface area contributed by atoms with Crippen LogP contribution >= 0.6 is 11.8 Å². The van der Waals surface area contributed by atoms with E-state index < -0.39 is 5.41 Å². The summed E-state index contributed by atoms with van der Waals surface area (Å²) in [6, 6.07) is 63.2. The first-order valence-electron chi connectivity index (χ1n) is 17.5. The van der Waals surface area contributed by atoms with Crippen molar-refractivity contribution in [2.45, 2.75) is 15.2 Å². The highest BCUT2D eigenvalue weighted by Gasteiger charge is 2.50. The number of anilines is 3. The normalized spacial score (nSPS) is 13.3. The number of nitriles is 1. The van der Waals surface area contributed by atoms with Gasteiger partial charge in [-0.2, -0.15) is 5.26 Å². The van der Waals surface area contributed by atoms with Crippen molar-refractivity contribution in [3.05, 3.63) is 204 Å². The van der Waals surface area contributed by atoms with Gasteiger partial charge in [0.2, 0.25) is 0 Å². The lowest BCUT2D eigenvalue weighted by molar-refractivity contribution is 0.692. The maximum absolute atomic E-state index is 10.7. The fourth-order valence-corrected chi connectivity index (χ4v) is 9.16. The predicted octanol–water partition coefficient (Wildman–Crippen LogP) is 11.4. The van der Waals surface area contributed by atoms with Crippen LogP contribution in [0.25, 0.3) is 34.2 Å². The number of para-hydroxylation sites is 2. The van der Waals surface area contributed by atoms with E-state index in [2.05, 4.69) is 114 Å². The van der Waals surface area contributed by atoms with E-state index in [4.69, 9.17) is 15.0 Å². The minimum atomic E-state index is -0.573. The zero-order chi connectivity index (χ0) is 35.4. The third-order valence-electron chi connectivity index (χ3n) is 10.2. The lowest BCUT2D eigenvalue weighted by Crippen LogP contribution is -2.39. The number of benzene rings is 7. The molecule has 0 aliphatic carbocycles. The van der Waals surface area contributed by atoms with Gasteiger partial charge in [-0.15, -0.1) is 0 Å². The second kappa shape index (κ2) is 12.4. The molecule has 53 heavy (non-hydrogen) atoms. The molecule has 0 amide bonds. The SMILES string of the molecule is N#Cc1ccc(-c2nc(-c3ccccc3)nc(-c3ccccc3)n2)cc1N1c2ccccc2C2(c3ccccc3Sc3ccccc32)c2ccccc21. The van der Waals surface area contributed by atoms with Crippen molar-refractivity contribution in [1.29, 1.82) is 5.26 Å². The summed E-state index contributed by atoms with van der Waals surface area (Å²) >= 11 is 1.83. The van der Waals surface area contributed by atoms with Crippen molar-refractivity contribution < 1.29 is 0 Å². The van der Waals surface area contributed by atoms with Crippen molar-refractivity contribution in [3.8, 4) is 40.2 Å². The highest BCUT2D eigenvalue weighted by molar-refractivity contribution is 7.99. The third kappa shape index (κ3) is 4.82. The molecule has 6 heteroatoms. The molecule has 7 aromatic carbocycles. The number of fused-ring (bicyclic) bond motifs is 8. The van der Waals surface area contributed by atoms with Gasteiger partial charge < -0.3 is 4.90 Å². The molecule has 10 rings (SSSR count). The van der Waals surface area contributed by atoms with Gasteiger partial charge >= 0.3 is 0 Å². The summed E-state index contributed by atoms with van der Waals surface area (Å²) in [5.74, 6) is 1.71. The Morgan fingerprint density at radius 2 is 0.868 bits per heavy atom.